The van der Waals surface area contributed by atoms with Gasteiger partial charge < -0.3 is 4.98 Å². The fraction of sp³-hybridized carbons (Fsp3) is 0.375. The Bertz CT molecular complexity index is 1350. The highest BCUT2D eigenvalue weighted by Crippen LogP contribution is 2.36. The zero-order valence-electron chi connectivity index (χ0n) is 19.0. The van der Waals surface area contributed by atoms with Gasteiger partial charge in [-0.25, -0.2) is 13.4 Å². The van der Waals surface area contributed by atoms with Crippen molar-refractivity contribution in [1.29, 1.82) is 0 Å². The van der Waals surface area contributed by atoms with E-state index >= 15 is 0 Å². The van der Waals surface area contributed by atoms with Crippen molar-refractivity contribution in [1.82, 2.24) is 14.9 Å². The van der Waals surface area contributed by atoms with Crippen LogP contribution in [0.25, 0.3) is 21.6 Å². The molecule has 0 atom stereocenters. The predicted octanol–water partition coefficient (Wildman–Crippen LogP) is 5.80. The zero-order chi connectivity index (χ0) is 23.2. The number of sulfonamides is 1. The Morgan fingerprint density at radius 3 is 2.73 bits per heavy atom. The van der Waals surface area contributed by atoms with Crippen LogP contribution in [-0.2, 0) is 16.6 Å². The normalized spacial score (nSPS) is 14.6. The quantitative estimate of drug-likeness (QED) is 0.315. The molecule has 1 aliphatic carbocycles. The summed E-state index contributed by atoms with van der Waals surface area (Å²) < 4.78 is 27.8. The second-order valence-electron chi connectivity index (χ2n) is 9.02. The average molecular weight is 501 g/mol. The number of hydrogen-bond acceptors (Lipinski definition) is 6. The lowest BCUT2D eigenvalue weighted by Crippen LogP contribution is -2.29. The Balaban J connectivity index is 1.43. The van der Waals surface area contributed by atoms with Crippen LogP contribution in [0.2, 0.25) is 0 Å². The fourth-order valence-electron chi connectivity index (χ4n) is 4.15. The summed E-state index contributed by atoms with van der Waals surface area (Å²) in [5, 5.41) is 3.67. The van der Waals surface area contributed by atoms with Crippen molar-refractivity contribution in [3.63, 3.8) is 0 Å². The van der Waals surface area contributed by atoms with Crippen LogP contribution in [0.3, 0.4) is 0 Å². The van der Waals surface area contributed by atoms with Gasteiger partial charge in [-0.05, 0) is 42.3 Å². The summed E-state index contributed by atoms with van der Waals surface area (Å²) in [5.41, 5.74) is 2.34. The summed E-state index contributed by atoms with van der Waals surface area (Å²) in [6.07, 6.45) is 4.58. The van der Waals surface area contributed by atoms with Crippen molar-refractivity contribution in [2.75, 3.05) is 17.9 Å². The van der Waals surface area contributed by atoms with E-state index in [0.29, 0.717) is 15.8 Å². The van der Waals surface area contributed by atoms with E-state index in [0.717, 1.165) is 40.7 Å². The van der Waals surface area contributed by atoms with Crippen LogP contribution in [0.1, 0.15) is 31.6 Å². The Kier molecular flexibility index (Phi) is 6.07. The van der Waals surface area contributed by atoms with Crippen molar-refractivity contribution in [3.8, 4) is 10.7 Å². The third-order valence-electron chi connectivity index (χ3n) is 5.89. The molecule has 5 rings (SSSR count). The number of fused-ring (bicyclic) bond motifs is 1. The first-order valence-corrected chi connectivity index (χ1v) is 14.3. The molecular formula is C24H28N4O2S3. The highest BCUT2D eigenvalue weighted by atomic mass is 32.2. The number of aromatic nitrogens is 2. The lowest BCUT2D eigenvalue weighted by molar-refractivity contribution is 0.228. The molecule has 1 fully saturated rings. The maximum Gasteiger partial charge on any atom is 0.273 e. The maximum atomic E-state index is 13.1. The Hall–Kier alpha value is -2.20. The van der Waals surface area contributed by atoms with E-state index in [-0.39, 0.29) is 0 Å². The van der Waals surface area contributed by atoms with Crippen LogP contribution in [0, 0.1) is 5.92 Å². The number of nitrogens with one attached hydrogen (secondary N) is 1. The molecule has 33 heavy (non-hydrogen) atoms. The molecule has 9 heteroatoms. The first kappa shape index (κ1) is 22.6. The van der Waals surface area contributed by atoms with Gasteiger partial charge in [-0.1, -0.05) is 32.0 Å². The van der Waals surface area contributed by atoms with E-state index in [2.05, 4.69) is 34.8 Å². The van der Waals surface area contributed by atoms with Gasteiger partial charge in [0.25, 0.3) is 10.0 Å². The standard InChI is InChI=1S/C24H28N4O2S3/c1-16(2)14-28(18-9-10-18)15-19-13-25-24(32-19)20-12-17-6-4-7-21(23(17)26-20)27(3)33(29,30)22-8-5-11-31-22/h4-8,11-13,16,18,26H,9-10,14-15H2,1-3H3. The number of nitrogens with zero attached hydrogens (tertiary/aromatic N) is 3. The van der Waals surface area contributed by atoms with Crippen LogP contribution in [0.4, 0.5) is 5.69 Å². The highest BCUT2D eigenvalue weighted by molar-refractivity contribution is 7.94. The molecule has 0 saturated heterocycles. The van der Waals surface area contributed by atoms with E-state index < -0.39 is 10.0 Å². The molecule has 0 unspecified atom stereocenters. The number of rotatable bonds is 9. The number of thiazole rings is 1. The summed E-state index contributed by atoms with van der Waals surface area (Å²) in [6, 6.07) is 11.9. The largest absolute Gasteiger partial charge is 0.351 e. The molecule has 0 amide bonds. The molecule has 0 aliphatic heterocycles. The van der Waals surface area contributed by atoms with E-state index in [4.69, 9.17) is 0 Å². The molecule has 1 N–H and O–H groups in total. The molecule has 1 aliphatic rings. The van der Waals surface area contributed by atoms with E-state index in [9.17, 15) is 8.42 Å². The minimum Gasteiger partial charge on any atom is -0.351 e. The monoisotopic (exact) mass is 500 g/mol. The van der Waals surface area contributed by atoms with Crippen LogP contribution in [-0.4, -0.2) is 42.9 Å². The van der Waals surface area contributed by atoms with Gasteiger partial charge in [0, 0.05) is 42.6 Å². The molecule has 4 aromatic rings. The second-order valence-corrected chi connectivity index (χ2v) is 13.3. The molecule has 3 heterocycles. The van der Waals surface area contributed by atoms with Crippen LogP contribution in [0.15, 0.2) is 52.2 Å². The molecule has 0 spiro atoms. The molecule has 3 aromatic heterocycles. The van der Waals surface area contributed by atoms with Gasteiger partial charge in [-0.3, -0.25) is 9.21 Å². The van der Waals surface area contributed by atoms with Gasteiger partial charge in [0.15, 0.2) is 0 Å². The number of H-pyrrole nitrogens is 1. The third-order valence-corrected chi connectivity index (χ3v) is 10.0. The first-order valence-electron chi connectivity index (χ1n) is 11.2. The van der Waals surface area contributed by atoms with Gasteiger partial charge in [0.1, 0.15) is 9.22 Å². The molecule has 174 valence electrons. The molecule has 0 bridgehead atoms. The SMILES string of the molecule is CC(C)CN(Cc1cnc(-c2cc3cccc(N(C)S(=O)(=O)c4cccs4)c3[nH]2)s1)C1CC1. The molecule has 0 radical (unpaired) electrons. The van der Waals surface area contributed by atoms with E-state index in [1.54, 1.807) is 35.9 Å². The average Bonchev–Trinajstić information content (AvgIpc) is 3.18. The van der Waals surface area contributed by atoms with E-state index in [1.807, 2.05) is 24.4 Å². The van der Waals surface area contributed by atoms with Crippen molar-refractivity contribution in [2.24, 2.45) is 5.92 Å². The number of hydrogen-bond donors (Lipinski definition) is 1. The molecule has 6 nitrogen and oxygen atoms in total. The van der Waals surface area contributed by atoms with Crippen molar-refractivity contribution in [2.45, 2.75) is 43.5 Å². The van der Waals surface area contributed by atoms with Crippen molar-refractivity contribution in [3.05, 3.63) is 52.9 Å². The van der Waals surface area contributed by atoms with Gasteiger partial charge >= 0.3 is 0 Å². The Morgan fingerprint density at radius 1 is 1.21 bits per heavy atom. The summed E-state index contributed by atoms with van der Waals surface area (Å²) in [6.45, 7) is 6.59. The molecule has 1 saturated carbocycles. The summed E-state index contributed by atoms with van der Waals surface area (Å²) in [7, 11) is -2.00. The van der Waals surface area contributed by atoms with Gasteiger partial charge in [-0.2, -0.15) is 0 Å². The van der Waals surface area contributed by atoms with Crippen LogP contribution in [0.5, 0.6) is 0 Å². The second kappa shape index (κ2) is 8.87. The fourth-order valence-corrected chi connectivity index (χ4v) is 7.43. The zero-order valence-corrected chi connectivity index (χ0v) is 21.4. The topological polar surface area (TPSA) is 69.3 Å². The number of benzene rings is 1. The third kappa shape index (κ3) is 4.59. The molecule has 1 aromatic carbocycles. The minimum absolute atomic E-state index is 0.333. The smallest absolute Gasteiger partial charge is 0.273 e. The Labute approximate surface area is 202 Å². The van der Waals surface area contributed by atoms with Crippen LogP contribution < -0.4 is 4.31 Å². The minimum atomic E-state index is -3.60. The number of anilines is 1. The van der Waals surface area contributed by atoms with E-state index in [1.165, 1.54) is 33.4 Å². The number of thiophene rings is 1. The van der Waals surface area contributed by atoms with Crippen LogP contribution >= 0.6 is 22.7 Å². The maximum absolute atomic E-state index is 13.1. The van der Waals surface area contributed by atoms with Gasteiger partial charge in [0.05, 0.1) is 16.9 Å². The summed E-state index contributed by atoms with van der Waals surface area (Å²) in [5.74, 6) is 0.646. The molecular weight excluding hydrogens is 472 g/mol. The van der Waals surface area contributed by atoms with Gasteiger partial charge in [0.2, 0.25) is 0 Å². The Morgan fingerprint density at radius 2 is 2.03 bits per heavy atom. The lowest BCUT2D eigenvalue weighted by atomic mass is 10.2. The summed E-state index contributed by atoms with van der Waals surface area (Å²) >= 11 is 2.93. The number of aromatic amines is 1. The van der Waals surface area contributed by atoms with Crippen molar-refractivity contribution >= 4 is 49.3 Å². The first-order chi connectivity index (χ1) is 15.8. The summed E-state index contributed by atoms with van der Waals surface area (Å²) in [4.78, 5) is 12.0. The predicted molar refractivity (Wildman–Crippen MR) is 138 cm³/mol. The lowest BCUT2D eigenvalue weighted by Gasteiger charge is -2.23. The van der Waals surface area contributed by atoms with Gasteiger partial charge in [-0.15, -0.1) is 22.7 Å². The van der Waals surface area contributed by atoms with Crippen molar-refractivity contribution < 1.29 is 8.42 Å². The number of para-hydroxylation sites is 1. The highest BCUT2D eigenvalue weighted by Gasteiger charge is 2.30.